The minimum absolute atomic E-state index is 0.122. The van der Waals surface area contributed by atoms with E-state index < -0.39 is 11.9 Å². The highest BCUT2D eigenvalue weighted by Crippen LogP contribution is 2.23. The van der Waals surface area contributed by atoms with E-state index >= 15 is 0 Å². The van der Waals surface area contributed by atoms with Crippen LogP contribution < -0.4 is 0 Å². The smallest absolute Gasteiger partial charge is 0.143 e. The third kappa shape index (κ3) is 1.98. The van der Waals surface area contributed by atoms with Gasteiger partial charge in [-0.25, -0.2) is 4.39 Å². The van der Waals surface area contributed by atoms with Crippen LogP contribution in [0, 0.1) is 5.82 Å². The summed E-state index contributed by atoms with van der Waals surface area (Å²) in [6.07, 6.45) is 1.35. The summed E-state index contributed by atoms with van der Waals surface area (Å²) in [6.45, 7) is 2.14. The second-order valence-corrected chi connectivity index (χ2v) is 4.05. The molecule has 0 unspecified atom stereocenters. The van der Waals surface area contributed by atoms with E-state index in [2.05, 4.69) is 0 Å². The van der Waals surface area contributed by atoms with E-state index in [1.807, 2.05) is 12.3 Å². The van der Waals surface area contributed by atoms with Crippen molar-refractivity contribution in [2.75, 3.05) is 0 Å². The SMILES string of the molecule is C[C@H](O)Cn1ccc2cc(Cl)c(F)cc21. The molecule has 80 valence electrons. The first-order valence-electron chi connectivity index (χ1n) is 4.70. The number of aromatic nitrogens is 1. The van der Waals surface area contributed by atoms with E-state index in [9.17, 15) is 9.50 Å². The Morgan fingerprint density at radius 3 is 2.93 bits per heavy atom. The monoisotopic (exact) mass is 227 g/mol. The van der Waals surface area contributed by atoms with Crippen molar-refractivity contribution >= 4 is 22.5 Å². The molecule has 2 nitrogen and oxygen atoms in total. The maximum atomic E-state index is 13.2. The number of hydrogen-bond acceptors (Lipinski definition) is 1. The molecular formula is C11H11ClFNO. The van der Waals surface area contributed by atoms with Crippen LogP contribution in [0.2, 0.25) is 5.02 Å². The lowest BCUT2D eigenvalue weighted by atomic mass is 10.2. The van der Waals surface area contributed by atoms with Gasteiger partial charge in [-0.15, -0.1) is 0 Å². The van der Waals surface area contributed by atoms with Gasteiger partial charge in [0.15, 0.2) is 0 Å². The lowest BCUT2D eigenvalue weighted by Gasteiger charge is -2.07. The Morgan fingerprint density at radius 2 is 2.27 bits per heavy atom. The summed E-state index contributed by atoms with van der Waals surface area (Å²) in [5.74, 6) is -0.435. The molecule has 0 amide bonds. The second-order valence-electron chi connectivity index (χ2n) is 3.64. The minimum atomic E-state index is -0.459. The van der Waals surface area contributed by atoms with Crippen LogP contribution >= 0.6 is 11.6 Å². The van der Waals surface area contributed by atoms with Crippen molar-refractivity contribution < 1.29 is 9.50 Å². The molecule has 2 rings (SSSR count). The summed E-state index contributed by atoms with van der Waals surface area (Å²) in [4.78, 5) is 0. The van der Waals surface area contributed by atoms with E-state index in [0.717, 1.165) is 10.9 Å². The minimum Gasteiger partial charge on any atom is -0.392 e. The van der Waals surface area contributed by atoms with Gasteiger partial charge < -0.3 is 9.67 Å². The zero-order valence-electron chi connectivity index (χ0n) is 8.24. The molecule has 1 N–H and O–H groups in total. The Morgan fingerprint density at radius 1 is 1.53 bits per heavy atom. The van der Waals surface area contributed by atoms with E-state index in [-0.39, 0.29) is 5.02 Å². The molecule has 0 radical (unpaired) electrons. The van der Waals surface area contributed by atoms with Crippen LogP contribution in [0.4, 0.5) is 4.39 Å². The molecule has 1 heterocycles. The Bertz CT molecular complexity index is 493. The van der Waals surface area contributed by atoms with Crippen LogP contribution in [0.1, 0.15) is 6.92 Å². The number of nitrogens with zero attached hydrogens (tertiary/aromatic N) is 1. The summed E-state index contributed by atoms with van der Waals surface area (Å²) in [6, 6.07) is 4.83. The van der Waals surface area contributed by atoms with Crippen molar-refractivity contribution in [2.24, 2.45) is 0 Å². The fraction of sp³-hybridized carbons (Fsp3) is 0.273. The van der Waals surface area contributed by atoms with Crippen molar-refractivity contribution in [1.29, 1.82) is 0 Å². The van der Waals surface area contributed by atoms with E-state index in [1.165, 1.54) is 6.07 Å². The summed E-state index contributed by atoms with van der Waals surface area (Å²) in [7, 11) is 0. The van der Waals surface area contributed by atoms with Gasteiger partial charge in [0.2, 0.25) is 0 Å². The first kappa shape index (κ1) is 10.5. The van der Waals surface area contributed by atoms with Crippen LogP contribution in [0.3, 0.4) is 0 Å². The molecule has 2 aromatic rings. The molecule has 15 heavy (non-hydrogen) atoms. The summed E-state index contributed by atoms with van der Waals surface area (Å²) >= 11 is 5.67. The van der Waals surface area contributed by atoms with Crippen LogP contribution in [0.5, 0.6) is 0 Å². The van der Waals surface area contributed by atoms with Crippen LogP contribution in [-0.4, -0.2) is 15.8 Å². The third-order valence-corrected chi connectivity index (χ3v) is 2.56. The first-order valence-corrected chi connectivity index (χ1v) is 5.07. The standard InChI is InChI=1S/C11H11ClFNO/c1-7(15)6-14-3-2-8-4-9(12)10(13)5-11(8)14/h2-5,7,15H,6H2,1H3/t7-/m0/s1. The van der Waals surface area contributed by atoms with Gasteiger partial charge in [0.25, 0.3) is 0 Å². The number of aliphatic hydroxyl groups is 1. The summed E-state index contributed by atoms with van der Waals surface area (Å²) in [5.41, 5.74) is 0.748. The molecule has 0 saturated carbocycles. The zero-order valence-corrected chi connectivity index (χ0v) is 9.00. The van der Waals surface area contributed by atoms with E-state index in [0.29, 0.717) is 6.54 Å². The van der Waals surface area contributed by atoms with Crippen molar-refractivity contribution in [3.63, 3.8) is 0 Å². The molecule has 0 aliphatic carbocycles. The predicted octanol–water partition coefficient (Wildman–Crippen LogP) is 2.81. The number of halogens is 2. The van der Waals surface area contributed by atoms with Gasteiger partial charge in [-0.3, -0.25) is 0 Å². The highest BCUT2D eigenvalue weighted by molar-refractivity contribution is 6.31. The van der Waals surface area contributed by atoms with Gasteiger partial charge in [0, 0.05) is 18.1 Å². The Labute approximate surface area is 91.9 Å². The number of rotatable bonds is 2. The van der Waals surface area contributed by atoms with E-state index in [1.54, 1.807) is 17.6 Å². The quantitative estimate of drug-likeness (QED) is 0.839. The third-order valence-electron chi connectivity index (χ3n) is 2.27. The van der Waals surface area contributed by atoms with Gasteiger partial charge in [-0.1, -0.05) is 11.6 Å². The van der Waals surface area contributed by atoms with Gasteiger partial charge in [-0.2, -0.15) is 0 Å². The fourth-order valence-corrected chi connectivity index (χ4v) is 1.80. The highest BCUT2D eigenvalue weighted by Gasteiger charge is 2.07. The van der Waals surface area contributed by atoms with Gasteiger partial charge >= 0.3 is 0 Å². The molecule has 1 aromatic heterocycles. The maximum absolute atomic E-state index is 13.2. The predicted molar refractivity (Wildman–Crippen MR) is 58.6 cm³/mol. The lowest BCUT2D eigenvalue weighted by Crippen LogP contribution is -2.10. The first-order chi connectivity index (χ1) is 7.08. The Kier molecular flexibility index (Phi) is 2.67. The van der Waals surface area contributed by atoms with Crippen LogP contribution in [0.25, 0.3) is 10.9 Å². The molecule has 0 bridgehead atoms. The largest absolute Gasteiger partial charge is 0.392 e. The van der Waals surface area contributed by atoms with Crippen molar-refractivity contribution in [3.05, 3.63) is 35.2 Å². The number of benzene rings is 1. The molecule has 1 atom stereocenters. The maximum Gasteiger partial charge on any atom is 0.143 e. The summed E-state index contributed by atoms with van der Waals surface area (Å²) < 4.78 is 15.0. The van der Waals surface area contributed by atoms with Crippen LogP contribution in [-0.2, 0) is 6.54 Å². The zero-order chi connectivity index (χ0) is 11.0. The second kappa shape index (κ2) is 3.83. The molecule has 0 spiro atoms. The molecule has 1 aromatic carbocycles. The Hall–Kier alpha value is -1.06. The van der Waals surface area contributed by atoms with Crippen molar-refractivity contribution in [3.8, 4) is 0 Å². The molecule has 0 aliphatic rings. The topological polar surface area (TPSA) is 25.2 Å². The van der Waals surface area contributed by atoms with E-state index in [4.69, 9.17) is 11.6 Å². The van der Waals surface area contributed by atoms with Gasteiger partial charge in [-0.05, 0) is 25.1 Å². The lowest BCUT2D eigenvalue weighted by molar-refractivity contribution is 0.175. The average molecular weight is 228 g/mol. The molecular weight excluding hydrogens is 217 g/mol. The van der Waals surface area contributed by atoms with Crippen molar-refractivity contribution in [2.45, 2.75) is 19.6 Å². The fourth-order valence-electron chi connectivity index (χ4n) is 1.63. The molecule has 0 aliphatic heterocycles. The highest BCUT2D eigenvalue weighted by atomic mass is 35.5. The number of aliphatic hydroxyl groups excluding tert-OH is 1. The normalized spacial score (nSPS) is 13.3. The number of fused-ring (bicyclic) bond motifs is 1. The molecule has 0 fully saturated rings. The van der Waals surface area contributed by atoms with Gasteiger partial charge in [0.1, 0.15) is 5.82 Å². The average Bonchev–Trinajstić information content (AvgIpc) is 2.49. The van der Waals surface area contributed by atoms with Crippen LogP contribution in [0.15, 0.2) is 24.4 Å². The van der Waals surface area contributed by atoms with Crippen molar-refractivity contribution in [1.82, 2.24) is 4.57 Å². The molecule has 4 heteroatoms. The number of hydrogen-bond donors (Lipinski definition) is 1. The summed E-state index contributed by atoms with van der Waals surface area (Å²) in [5, 5.41) is 10.3. The molecule has 0 saturated heterocycles. The van der Waals surface area contributed by atoms with Gasteiger partial charge in [0.05, 0.1) is 16.6 Å². The Balaban J connectivity index is 2.54.